The van der Waals surface area contributed by atoms with Gasteiger partial charge in [0, 0.05) is 24.2 Å². The van der Waals surface area contributed by atoms with Crippen molar-refractivity contribution in [2.45, 2.75) is 19.5 Å². The van der Waals surface area contributed by atoms with Gasteiger partial charge in [0.2, 0.25) is 0 Å². The molecule has 0 saturated carbocycles. The molecule has 0 saturated heterocycles. The molecule has 0 aliphatic heterocycles. The molecule has 0 unspecified atom stereocenters. The fraction of sp³-hybridized carbons (Fsp3) is 0.583. The van der Waals surface area contributed by atoms with Gasteiger partial charge in [-0.05, 0) is 51.3 Å². The smallest absolute Gasteiger partial charge is 0.382 e. The summed E-state index contributed by atoms with van der Waals surface area (Å²) >= 11 is 7.55. The minimum Gasteiger partial charge on any atom is -0.382 e. The Morgan fingerprint density at radius 3 is 2.57 bits per heavy atom. The Morgan fingerprint density at radius 2 is 2.10 bits per heavy atom. The summed E-state index contributed by atoms with van der Waals surface area (Å²) in [5.41, 5.74) is 0. The first-order chi connectivity index (χ1) is 9.74. The molecule has 0 aliphatic rings. The van der Waals surface area contributed by atoms with Gasteiger partial charge in [0.25, 0.3) is 5.91 Å². The van der Waals surface area contributed by atoms with Crippen LogP contribution < -0.4 is 0 Å². The molecule has 0 aromatic carbocycles. The van der Waals surface area contributed by atoms with Crippen LogP contribution in [0.25, 0.3) is 0 Å². The van der Waals surface area contributed by atoms with Crippen molar-refractivity contribution in [2.24, 2.45) is 0 Å². The maximum Gasteiger partial charge on any atom is 0.406 e. The van der Waals surface area contributed by atoms with Crippen molar-refractivity contribution in [3.05, 3.63) is 19.2 Å². The maximum atomic E-state index is 12.6. The molecule has 9 heteroatoms. The van der Waals surface area contributed by atoms with Gasteiger partial charge in [0.05, 0.1) is 8.66 Å². The lowest BCUT2D eigenvalue weighted by molar-refractivity contribution is -0.141. The highest BCUT2D eigenvalue weighted by molar-refractivity contribution is 9.13. The lowest BCUT2D eigenvalue weighted by Crippen LogP contribution is -2.39. The SMILES string of the molecule is CCOCCCN(CC(F)(F)F)C(=O)c1cc(Br)c(Br)s1. The van der Waals surface area contributed by atoms with E-state index in [9.17, 15) is 18.0 Å². The minimum absolute atomic E-state index is 0.00544. The Balaban J connectivity index is 2.76. The van der Waals surface area contributed by atoms with E-state index < -0.39 is 18.6 Å². The van der Waals surface area contributed by atoms with Crippen molar-refractivity contribution < 1.29 is 22.7 Å². The van der Waals surface area contributed by atoms with Crippen LogP contribution in [0, 0.1) is 0 Å². The van der Waals surface area contributed by atoms with Crippen molar-refractivity contribution >= 4 is 49.1 Å². The predicted molar refractivity (Wildman–Crippen MR) is 82.8 cm³/mol. The molecule has 0 atom stereocenters. The molecule has 1 rings (SSSR count). The molecule has 1 aromatic rings. The number of amides is 1. The Morgan fingerprint density at radius 1 is 1.43 bits per heavy atom. The summed E-state index contributed by atoms with van der Waals surface area (Å²) in [6, 6.07) is 1.52. The number of hydrogen-bond acceptors (Lipinski definition) is 3. The van der Waals surface area contributed by atoms with Crippen molar-refractivity contribution in [3.8, 4) is 0 Å². The van der Waals surface area contributed by atoms with Gasteiger partial charge in [-0.25, -0.2) is 0 Å². The number of ether oxygens (including phenoxy) is 1. The third-order valence-electron chi connectivity index (χ3n) is 2.43. The van der Waals surface area contributed by atoms with Gasteiger partial charge in [-0.15, -0.1) is 11.3 Å². The third-order valence-corrected chi connectivity index (χ3v) is 5.68. The van der Waals surface area contributed by atoms with Gasteiger partial charge in [-0.3, -0.25) is 4.79 Å². The first kappa shape index (κ1) is 18.9. The molecule has 0 spiro atoms. The van der Waals surface area contributed by atoms with E-state index >= 15 is 0 Å². The van der Waals surface area contributed by atoms with E-state index in [0.29, 0.717) is 27.9 Å². The van der Waals surface area contributed by atoms with Gasteiger partial charge in [0.15, 0.2) is 0 Å². The standard InChI is InChI=1S/C12H14Br2F3NO2S/c1-2-20-5-3-4-18(7-12(15,16)17)11(19)9-6-8(13)10(14)21-9/h6H,2-5,7H2,1H3. The number of alkyl halides is 3. The Hall–Kier alpha value is -0.120. The molecule has 1 amide bonds. The number of nitrogens with zero attached hydrogens (tertiary/aromatic N) is 1. The number of rotatable bonds is 7. The molecule has 1 aromatic heterocycles. The minimum atomic E-state index is -4.42. The van der Waals surface area contributed by atoms with Crippen LogP contribution >= 0.6 is 43.2 Å². The highest BCUT2D eigenvalue weighted by Gasteiger charge is 2.33. The van der Waals surface area contributed by atoms with Crippen LogP contribution in [-0.2, 0) is 4.74 Å². The van der Waals surface area contributed by atoms with E-state index in [1.165, 1.54) is 6.07 Å². The van der Waals surface area contributed by atoms with Crippen LogP contribution in [0.3, 0.4) is 0 Å². The van der Waals surface area contributed by atoms with Gasteiger partial charge in [-0.1, -0.05) is 0 Å². The van der Waals surface area contributed by atoms with E-state index in [4.69, 9.17) is 4.74 Å². The average molecular weight is 453 g/mol. The summed E-state index contributed by atoms with van der Waals surface area (Å²) in [6.45, 7) is 1.38. The van der Waals surface area contributed by atoms with Crippen LogP contribution in [0.1, 0.15) is 23.0 Å². The molecular formula is C12H14Br2F3NO2S. The number of carbonyl (C=O) groups excluding carboxylic acids is 1. The Labute approximate surface area is 141 Å². The van der Waals surface area contributed by atoms with Crippen LogP contribution in [0.4, 0.5) is 13.2 Å². The first-order valence-corrected chi connectivity index (χ1v) is 8.53. The molecule has 0 N–H and O–H groups in total. The normalized spacial score (nSPS) is 11.7. The Kier molecular flexibility index (Phi) is 7.66. The van der Waals surface area contributed by atoms with Crippen LogP contribution in [0.5, 0.6) is 0 Å². The van der Waals surface area contributed by atoms with E-state index in [1.54, 1.807) is 6.92 Å². The summed E-state index contributed by atoms with van der Waals surface area (Å²) in [7, 11) is 0. The predicted octanol–water partition coefficient (Wildman–Crippen LogP) is 4.70. The lowest BCUT2D eigenvalue weighted by Gasteiger charge is -2.23. The van der Waals surface area contributed by atoms with Crippen molar-refractivity contribution in [2.75, 3.05) is 26.3 Å². The van der Waals surface area contributed by atoms with E-state index in [1.807, 2.05) is 0 Å². The molecular weight excluding hydrogens is 439 g/mol. The fourth-order valence-corrected chi connectivity index (χ4v) is 3.58. The average Bonchev–Trinajstić information content (AvgIpc) is 2.71. The summed E-state index contributed by atoms with van der Waals surface area (Å²) in [5.74, 6) is -0.625. The molecule has 21 heavy (non-hydrogen) atoms. The fourth-order valence-electron chi connectivity index (χ4n) is 1.58. The highest BCUT2D eigenvalue weighted by atomic mass is 79.9. The third kappa shape index (κ3) is 6.66. The van der Waals surface area contributed by atoms with Crippen molar-refractivity contribution in [3.63, 3.8) is 0 Å². The molecule has 0 bridgehead atoms. The Bertz CT molecular complexity index is 460. The summed E-state index contributed by atoms with van der Waals surface area (Å²) < 4.78 is 44.2. The number of hydrogen-bond donors (Lipinski definition) is 0. The zero-order valence-corrected chi connectivity index (χ0v) is 15.2. The summed E-state index contributed by atoms with van der Waals surface area (Å²) in [6.07, 6.45) is -4.06. The zero-order chi connectivity index (χ0) is 16.0. The van der Waals surface area contributed by atoms with Crippen molar-refractivity contribution in [1.29, 1.82) is 0 Å². The monoisotopic (exact) mass is 451 g/mol. The molecule has 0 radical (unpaired) electrons. The van der Waals surface area contributed by atoms with Crippen molar-refractivity contribution in [1.82, 2.24) is 4.90 Å². The lowest BCUT2D eigenvalue weighted by atomic mass is 10.3. The number of carbonyl (C=O) groups is 1. The van der Waals surface area contributed by atoms with Gasteiger partial charge in [-0.2, -0.15) is 13.2 Å². The molecule has 0 aliphatic carbocycles. The van der Waals surface area contributed by atoms with Gasteiger partial charge >= 0.3 is 6.18 Å². The molecule has 120 valence electrons. The summed E-state index contributed by atoms with van der Waals surface area (Å²) in [4.78, 5) is 13.3. The number of halogens is 5. The highest BCUT2D eigenvalue weighted by Crippen LogP contribution is 2.33. The quantitative estimate of drug-likeness (QED) is 0.561. The van der Waals surface area contributed by atoms with E-state index in [-0.39, 0.29) is 11.4 Å². The summed E-state index contributed by atoms with van der Waals surface area (Å²) in [5, 5.41) is 0. The topological polar surface area (TPSA) is 29.5 Å². The second kappa shape index (κ2) is 8.50. The van der Waals surface area contributed by atoms with Crippen LogP contribution in [0.15, 0.2) is 14.3 Å². The molecule has 0 fully saturated rings. The largest absolute Gasteiger partial charge is 0.406 e. The van der Waals surface area contributed by atoms with Crippen LogP contribution in [-0.4, -0.2) is 43.3 Å². The van der Waals surface area contributed by atoms with E-state index in [2.05, 4.69) is 31.9 Å². The van der Waals surface area contributed by atoms with Crippen LogP contribution in [0.2, 0.25) is 0 Å². The van der Waals surface area contributed by atoms with Gasteiger partial charge < -0.3 is 9.64 Å². The molecule has 1 heterocycles. The zero-order valence-electron chi connectivity index (χ0n) is 11.2. The second-order valence-electron chi connectivity index (χ2n) is 4.12. The molecule has 3 nitrogen and oxygen atoms in total. The van der Waals surface area contributed by atoms with Gasteiger partial charge in [0.1, 0.15) is 6.54 Å². The number of thiophene rings is 1. The van der Waals surface area contributed by atoms with E-state index in [0.717, 1.165) is 16.2 Å². The first-order valence-electron chi connectivity index (χ1n) is 6.13. The maximum absolute atomic E-state index is 12.6. The second-order valence-corrected chi connectivity index (χ2v) is 7.35.